The number of allylic oxidation sites excluding steroid dienone is 1. The van der Waals surface area contributed by atoms with Crippen molar-refractivity contribution in [2.75, 3.05) is 5.32 Å². The summed E-state index contributed by atoms with van der Waals surface area (Å²) in [5.41, 5.74) is 5.41. The molecule has 1 atom stereocenters. The zero-order chi connectivity index (χ0) is 21.8. The van der Waals surface area contributed by atoms with Crippen molar-refractivity contribution in [3.63, 3.8) is 0 Å². The number of benzene rings is 3. The molecule has 1 aliphatic heterocycles. The molecule has 2 aliphatic carbocycles. The molecule has 5 heteroatoms. The Bertz CT molecular complexity index is 1410. The van der Waals surface area contributed by atoms with E-state index in [1.54, 1.807) is 24.3 Å². The predicted octanol–water partition coefficient (Wildman–Crippen LogP) is 3.29. The number of Topliss-reactive ketones (excluding diaryl/α,β-unsaturated/α-hetero) is 2. The maximum atomic E-state index is 13.7. The molecule has 32 heavy (non-hydrogen) atoms. The van der Waals surface area contributed by atoms with Crippen molar-refractivity contribution < 1.29 is 19.3 Å². The van der Waals surface area contributed by atoms with E-state index in [9.17, 15) is 9.59 Å². The summed E-state index contributed by atoms with van der Waals surface area (Å²) in [5.74, 6) is 0.366. The Morgan fingerprint density at radius 1 is 0.812 bits per heavy atom. The highest BCUT2D eigenvalue weighted by molar-refractivity contribution is 6.39. The lowest BCUT2D eigenvalue weighted by atomic mass is 9.76. The molecular formula is C27H19N2O3+. The number of ether oxygens (including phenoxy) is 1. The van der Waals surface area contributed by atoms with E-state index in [1.165, 1.54) is 0 Å². The van der Waals surface area contributed by atoms with Gasteiger partial charge in [0.1, 0.15) is 5.57 Å². The predicted molar refractivity (Wildman–Crippen MR) is 122 cm³/mol. The smallest absolute Gasteiger partial charge is 0.249 e. The van der Waals surface area contributed by atoms with Crippen LogP contribution in [0.25, 0.3) is 0 Å². The highest BCUT2D eigenvalue weighted by atomic mass is 16.5. The third kappa shape index (κ3) is 2.68. The molecule has 0 saturated carbocycles. The second kappa shape index (κ2) is 6.89. The minimum absolute atomic E-state index is 0.173. The van der Waals surface area contributed by atoms with Gasteiger partial charge in [-0.05, 0) is 31.2 Å². The molecule has 1 heterocycles. The molecular weight excluding hydrogens is 400 g/mol. The second-order valence-electron chi connectivity index (χ2n) is 8.05. The highest BCUT2D eigenvalue weighted by Gasteiger charge is 2.46. The van der Waals surface area contributed by atoms with Crippen LogP contribution in [0.3, 0.4) is 0 Å². The molecule has 3 aliphatic rings. The SMILES string of the molecule is Cc1cccc2c1[NH+]=C1C3=C(C(=O)c4ccccc4C3=O)C(Nc3ccccc3)=CC1O2. The third-order valence-corrected chi connectivity index (χ3v) is 6.06. The zero-order valence-corrected chi connectivity index (χ0v) is 17.3. The number of fused-ring (bicyclic) bond motifs is 4. The molecule has 154 valence electrons. The number of hydrogen-bond donors (Lipinski definition) is 2. The second-order valence-corrected chi connectivity index (χ2v) is 8.05. The minimum atomic E-state index is -0.517. The van der Waals surface area contributed by atoms with E-state index in [0.29, 0.717) is 39.4 Å². The van der Waals surface area contributed by atoms with Gasteiger partial charge in [-0.25, -0.2) is 4.99 Å². The summed E-state index contributed by atoms with van der Waals surface area (Å²) in [7, 11) is 0. The molecule has 6 rings (SSSR count). The minimum Gasteiger partial charge on any atom is -0.468 e. The monoisotopic (exact) mass is 419 g/mol. The number of rotatable bonds is 2. The molecule has 3 aromatic rings. The Kier molecular flexibility index (Phi) is 3.98. The Hall–Kier alpha value is -4.25. The first kappa shape index (κ1) is 18.5. The lowest BCUT2D eigenvalue weighted by molar-refractivity contribution is -0.363. The lowest BCUT2D eigenvalue weighted by Crippen LogP contribution is -2.74. The van der Waals surface area contributed by atoms with Crippen LogP contribution in [-0.2, 0) is 0 Å². The molecule has 0 radical (unpaired) electrons. The van der Waals surface area contributed by atoms with Gasteiger partial charge in [-0.3, -0.25) is 9.59 Å². The molecule has 5 nitrogen and oxygen atoms in total. The molecule has 0 amide bonds. The van der Waals surface area contributed by atoms with Crippen LogP contribution in [-0.4, -0.2) is 23.4 Å². The molecule has 0 aromatic heterocycles. The highest BCUT2D eigenvalue weighted by Crippen LogP contribution is 2.37. The number of para-hydroxylation sites is 2. The maximum Gasteiger partial charge on any atom is 0.249 e. The molecule has 1 unspecified atom stereocenters. The van der Waals surface area contributed by atoms with Crippen LogP contribution >= 0.6 is 0 Å². The van der Waals surface area contributed by atoms with E-state index < -0.39 is 6.10 Å². The van der Waals surface area contributed by atoms with Crippen molar-refractivity contribution in [2.45, 2.75) is 13.0 Å². The summed E-state index contributed by atoms with van der Waals surface area (Å²) >= 11 is 0. The molecule has 0 fully saturated rings. The van der Waals surface area contributed by atoms with Crippen LogP contribution in [0.2, 0.25) is 0 Å². The van der Waals surface area contributed by atoms with Crippen LogP contribution < -0.4 is 15.0 Å². The van der Waals surface area contributed by atoms with Crippen LogP contribution in [0, 0.1) is 6.92 Å². The summed E-state index contributed by atoms with van der Waals surface area (Å²) in [4.78, 5) is 30.7. The lowest BCUT2D eigenvalue weighted by Gasteiger charge is -2.30. The number of anilines is 1. The van der Waals surface area contributed by atoms with Gasteiger partial charge >= 0.3 is 0 Å². The Balaban J connectivity index is 1.59. The van der Waals surface area contributed by atoms with E-state index in [0.717, 1.165) is 16.9 Å². The molecule has 0 spiro atoms. The first-order valence-corrected chi connectivity index (χ1v) is 10.5. The van der Waals surface area contributed by atoms with E-state index >= 15 is 0 Å². The van der Waals surface area contributed by atoms with Gasteiger partial charge in [0, 0.05) is 22.4 Å². The Labute approximate surface area is 184 Å². The number of ketones is 2. The van der Waals surface area contributed by atoms with Gasteiger partial charge < -0.3 is 10.1 Å². The fraction of sp³-hybridized carbons (Fsp3) is 0.0741. The largest absolute Gasteiger partial charge is 0.468 e. The fourth-order valence-corrected chi connectivity index (χ4v) is 4.53. The summed E-state index contributed by atoms with van der Waals surface area (Å²) in [6.07, 6.45) is 1.36. The summed E-state index contributed by atoms with van der Waals surface area (Å²) < 4.78 is 6.29. The van der Waals surface area contributed by atoms with Gasteiger partial charge in [0.05, 0.1) is 11.3 Å². The van der Waals surface area contributed by atoms with Gasteiger partial charge in [-0.15, -0.1) is 0 Å². The fourth-order valence-electron chi connectivity index (χ4n) is 4.53. The van der Waals surface area contributed by atoms with Gasteiger partial charge in [0.2, 0.25) is 23.3 Å². The van der Waals surface area contributed by atoms with Gasteiger partial charge in [0.15, 0.2) is 11.5 Å². The molecule has 3 aromatic carbocycles. The van der Waals surface area contributed by atoms with Gasteiger partial charge in [0.25, 0.3) is 0 Å². The summed E-state index contributed by atoms with van der Waals surface area (Å²) in [6.45, 7) is 1.98. The number of carbonyl (C=O) groups excluding carboxylic acids is 2. The van der Waals surface area contributed by atoms with E-state index in [1.807, 2.05) is 61.5 Å². The average molecular weight is 419 g/mol. The number of nitrogens with one attached hydrogen (secondary N) is 2. The topological polar surface area (TPSA) is 69.4 Å². The third-order valence-electron chi connectivity index (χ3n) is 6.06. The van der Waals surface area contributed by atoms with Crippen molar-refractivity contribution in [2.24, 2.45) is 0 Å². The number of carbonyl (C=O) groups is 2. The van der Waals surface area contributed by atoms with Crippen molar-refractivity contribution >= 4 is 28.7 Å². The van der Waals surface area contributed by atoms with Crippen LogP contribution in [0.1, 0.15) is 26.3 Å². The zero-order valence-electron chi connectivity index (χ0n) is 17.3. The standard InChI is InChI=1S/C27H18N2O3/c1-15-8-7-13-20-24(15)29-25-21(32-20)14-19(28-16-9-3-2-4-10-16)22-23(25)27(31)18-12-6-5-11-17(18)26(22)30/h2-14,21,28H,1H3/p+1. The quantitative estimate of drug-likeness (QED) is 0.669. The van der Waals surface area contributed by atoms with Crippen molar-refractivity contribution in [1.29, 1.82) is 0 Å². The van der Waals surface area contributed by atoms with Crippen LogP contribution in [0.4, 0.5) is 11.4 Å². The molecule has 0 saturated heterocycles. The first-order valence-electron chi connectivity index (χ1n) is 10.5. The first-order chi connectivity index (χ1) is 15.6. The Morgan fingerprint density at radius 2 is 1.50 bits per heavy atom. The number of aryl methyl sites for hydroxylation is 1. The normalized spacial score (nSPS) is 18.5. The summed E-state index contributed by atoms with van der Waals surface area (Å²) in [6, 6.07) is 22.4. The average Bonchev–Trinajstić information content (AvgIpc) is 2.82. The maximum absolute atomic E-state index is 13.7. The van der Waals surface area contributed by atoms with Gasteiger partial charge in [-0.1, -0.05) is 54.6 Å². The molecule has 0 bridgehead atoms. The van der Waals surface area contributed by atoms with E-state index in [-0.39, 0.29) is 11.6 Å². The van der Waals surface area contributed by atoms with Crippen LogP contribution in [0.15, 0.2) is 95.7 Å². The van der Waals surface area contributed by atoms with Crippen LogP contribution in [0.5, 0.6) is 5.75 Å². The van der Waals surface area contributed by atoms with Gasteiger partial charge in [-0.2, -0.15) is 0 Å². The van der Waals surface area contributed by atoms with E-state index in [2.05, 4.69) is 10.3 Å². The van der Waals surface area contributed by atoms with Crippen molar-refractivity contribution in [3.8, 4) is 5.75 Å². The summed E-state index contributed by atoms with van der Waals surface area (Å²) in [5, 5.41) is 3.34. The van der Waals surface area contributed by atoms with Crippen molar-refractivity contribution in [1.82, 2.24) is 0 Å². The van der Waals surface area contributed by atoms with Crippen molar-refractivity contribution in [3.05, 3.63) is 112 Å². The molecule has 2 N–H and O–H groups in total. The van der Waals surface area contributed by atoms with E-state index in [4.69, 9.17) is 4.74 Å². The Morgan fingerprint density at radius 3 is 2.25 bits per heavy atom. The number of hydrogen-bond acceptors (Lipinski definition) is 4.